The van der Waals surface area contributed by atoms with E-state index in [-0.39, 0.29) is 11.9 Å². The molecular weight excluding hydrogens is 242 g/mol. The van der Waals surface area contributed by atoms with E-state index in [0.29, 0.717) is 19.6 Å². The number of hydrogen-bond acceptors (Lipinski definition) is 3. The van der Waals surface area contributed by atoms with E-state index in [2.05, 4.69) is 12.2 Å². The molecule has 19 heavy (non-hydrogen) atoms. The van der Waals surface area contributed by atoms with Crippen LogP contribution in [0.1, 0.15) is 44.7 Å². The van der Waals surface area contributed by atoms with Crippen LogP contribution in [0.2, 0.25) is 0 Å². The second kappa shape index (κ2) is 6.45. The van der Waals surface area contributed by atoms with Gasteiger partial charge in [0.1, 0.15) is 13.2 Å². The summed E-state index contributed by atoms with van der Waals surface area (Å²) in [6, 6.07) is 5.80. The highest BCUT2D eigenvalue weighted by Gasteiger charge is 2.15. The standard InChI is InChI=1S/C15H21NO3/c1-3-4-5-15(17)16-11(2)12-6-7-13-14(10-12)19-9-8-18-13/h6-7,10-11H,3-5,8-9H2,1-2H3,(H,16,17). The molecule has 0 saturated carbocycles. The van der Waals surface area contributed by atoms with Gasteiger partial charge in [-0.2, -0.15) is 0 Å². The Hall–Kier alpha value is -1.71. The van der Waals surface area contributed by atoms with Crippen molar-refractivity contribution >= 4 is 5.91 Å². The van der Waals surface area contributed by atoms with Gasteiger partial charge in [0, 0.05) is 6.42 Å². The van der Waals surface area contributed by atoms with Crippen LogP contribution in [0, 0.1) is 0 Å². The number of nitrogens with one attached hydrogen (secondary N) is 1. The average molecular weight is 263 g/mol. The molecule has 0 spiro atoms. The second-order valence-electron chi connectivity index (χ2n) is 4.80. The van der Waals surface area contributed by atoms with Crippen molar-refractivity contribution in [1.29, 1.82) is 0 Å². The topological polar surface area (TPSA) is 47.6 Å². The molecule has 0 aromatic heterocycles. The zero-order valence-corrected chi connectivity index (χ0v) is 11.6. The molecule has 4 heteroatoms. The first kappa shape index (κ1) is 13.7. The predicted octanol–water partition coefficient (Wildman–Crippen LogP) is 2.83. The third-order valence-corrected chi connectivity index (χ3v) is 3.20. The van der Waals surface area contributed by atoms with E-state index in [1.165, 1.54) is 0 Å². The van der Waals surface area contributed by atoms with Crippen LogP contribution in [0.5, 0.6) is 11.5 Å². The third kappa shape index (κ3) is 3.63. The zero-order chi connectivity index (χ0) is 13.7. The maximum atomic E-state index is 11.7. The molecule has 1 N–H and O–H groups in total. The van der Waals surface area contributed by atoms with E-state index in [1.54, 1.807) is 0 Å². The molecule has 0 aliphatic carbocycles. The van der Waals surface area contributed by atoms with Crippen molar-refractivity contribution in [2.24, 2.45) is 0 Å². The monoisotopic (exact) mass is 263 g/mol. The molecule has 4 nitrogen and oxygen atoms in total. The van der Waals surface area contributed by atoms with E-state index in [1.807, 2.05) is 25.1 Å². The number of ether oxygens (including phenoxy) is 2. The lowest BCUT2D eigenvalue weighted by atomic mass is 10.1. The minimum Gasteiger partial charge on any atom is -0.486 e. The summed E-state index contributed by atoms with van der Waals surface area (Å²) in [5.74, 6) is 1.64. The summed E-state index contributed by atoms with van der Waals surface area (Å²) >= 11 is 0. The summed E-state index contributed by atoms with van der Waals surface area (Å²) in [7, 11) is 0. The smallest absolute Gasteiger partial charge is 0.220 e. The van der Waals surface area contributed by atoms with Gasteiger partial charge in [0.25, 0.3) is 0 Å². The van der Waals surface area contributed by atoms with Gasteiger partial charge in [-0.05, 0) is 31.0 Å². The Bertz CT molecular complexity index is 445. The van der Waals surface area contributed by atoms with Crippen molar-refractivity contribution in [3.63, 3.8) is 0 Å². The fourth-order valence-electron chi connectivity index (χ4n) is 2.06. The van der Waals surface area contributed by atoms with Crippen molar-refractivity contribution in [3.8, 4) is 11.5 Å². The lowest BCUT2D eigenvalue weighted by molar-refractivity contribution is -0.121. The molecule has 0 radical (unpaired) electrons. The molecule has 1 aromatic carbocycles. The molecule has 0 fully saturated rings. The molecule has 1 amide bonds. The molecule has 0 saturated heterocycles. The van der Waals surface area contributed by atoms with Crippen LogP contribution >= 0.6 is 0 Å². The van der Waals surface area contributed by atoms with Crippen LogP contribution < -0.4 is 14.8 Å². The Kier molecular flexibility index (Phi) is 4.66. The molecule has 1 unspecified atom stereocenters. The highest BCUT2D eigenvalue weighted by Crippen LogP contribution is 2.32. The Labute approximate surface area is 114 Å². The Balaban J connectivity index is 1.99. The first-order valence-corrected chi connectivity index (χ1v) is 6.89. The number of unbranched alkanes of at least 4 members (excludes halogenated alkanes) is 1. The van der Waals surface area contributed by atoms with Crippen molar-refractivity contribution in [3.05, 3.63) is 23.8 Å². The van der Waals surface area contributed by atoms with E-state index in [0.717, 1.165) is 29.9 Å². The maximum absolute atomic E-state index is 11.7. The molecule has 1 heterocycles. The van der Waals surface area contributed by atoms with Crippen LogP contribution in [0.25, 0.3) is 0 Å². The van der Waals surface area contributed by atoms with E-state index < -0.39 is 0 Å². The Morgan fingerprint density at radius 2 is 2.05 bits per heavy atom. The molecule has 104 valence electrons. The fourth-order valence-corrected chi connectivity index (χ4v) is 2.06. The summed E-state index contributed by atoms with van der Waals surface area (Å²) < 4.78 is 11.0. The number of hydrogen-bond donors (Lipinski definition) is 1. The lowest BCUT2D eigenvalue weighted by Gasteiger charge is -2.21. The number of benzene rings is 1. The minimum absolute atomic E-state index is 0.0137. The van der Waals surface area contributed by atoms with Gasteiger partial charge in [0.05, 0.1) is 6.04 Å². The summed E-state index contributed by atoms with van der Waals surface area (Å²) in [4.78, 5) is 11.7. The molecular formula is C15H21NO3. The van der Waals surface area contributed by atoms with E-state index in [9.17, 15) is 4.79 Å². The predicted molar refractivity (Wildman–Crippen MR) is 73.5 cm³/mol. The largest absolute Gasteiger partial charge is 0.486 e. The summed E-state index contributed by atoms with van der Waals surface area (Å²) in [6.07, 6.45) is 2.55. The first-order valence-electron chi connectivity index (χ1n) is 6.89. The van der Waals surface area contributed by atoms with E-state index in [4.69, 9.17) is 9.47 Å². The van der Waals surface area contributed by atoms with Gasteiger partial charge < -0.3 is 14.8 Å². The van der Waals surface area contributed by atoms with Crippen molar-refractivity contribution < 1.29 is 14.3 Å². The van der Waals surface area contributed by atoms with Crippen LogP contribution in [-0.2, 0) is 4.79 Å². The Morgan fingerprint density at radius 3 is 2.79 bits per heavy atom. The zero-order valence-electron chi connectivity index (χ0n) is 11.6. The molecule has 1 aliphatic heterocycles. The van der Waals surface area contributed by atoms with Gasteiger partial charge >= 0.3 is 0 Å². The molecule has 1 aromatic rings. The SMILES string of the molecule is CCCCC(=O)NC(C)c1ccc2c(c1)OCCO2. The molecule has 1 aliphatic rings. The number of rotatable bonds is 5. The minimum atomic E-state index is -0.0137. The van der Waals surface area contributed by atoms with Crippen LogP contribution in [0.4, 0.5) is 0 Å². The fraction of sp³-hybridized carbons (Fsp3) is 0.533. The second-order valence-corrected chi connectivity index (χ2v) is 4.80. The number of fused-ring (bicyclic) bond motifs is 1. The molecule has 1 atom stereocenters. The number of carbonyl (C=O) groups is 1. The van der Waals surface area contributed by atoms with Crippen molar-refractivity contribution in [2.45, 2.75) is 39.2 Å². The van der Waals surface area contributed by atoms with Gasteiger partial charge in [-0.3, -0.25) is 4.79 Å². The van der Waals surface area contributed by atoms with Gasteiger partial charge in [-0.25, -0.2) is 0 Å². The quantitative estimate of drug-likeness (QED) is 0.888. The van der Waals surface area contributed by atoms with Gasteiger partial charge in [-0.15, -0.1) is 0 Å². The maximum Gasteiger partial charge on any atom is 0.220 e. The van der Waals surface area contributed by atoms with Crippen LogP contribution in [0.15, 0.2) is 18.2 Å². The van der Waals surface area contributed by atoms with Crippen molar-refractivity contribution in [1.82, 2.24) is 5.32 Å². The highest BCUT2D eigenvalue weighted by atomic mass is 16.6. The normalized spacial score (nSPS) is 14.8. The highest BCUT2D eigenvalue weighted by molar-refractivity contribution is 5.76. The Morgan fingerprint density at radius 1 is 1.32 bits per heavy atom. The van der Waals surface area contributed by atoms with Crippen molar-refractivity contribution in [2.75, 3.05) is 13.2 Å². The van der Waals surface area contributed by atoms with Gasteiger partial charge in [0.2, 0.25) is 5.91 Å². The summed E-state index contributed by atoms with van der Waals surface area (Å²) in [5, 5.41) is 3.00. The van der Waals surface area contributed by atoms with Crippen LogP contribution in [0.3, 0.4) is 0 Å². The number of carbonyl (C=O) groups excluding carboxylic acids is 1. The van der Waals surface area contributed by atoms with E-state index >= 15 is 0 Å². The summed E-state index contributed by atoms with van der Waals surface area (Å²) in [6.45, 7) is 5.23. The average Bonchev–Trinajstić information content (AvgIpc) is 2.44. The molecule has 0 bridgehead atoms. The number of amides is 1. The van der Waals surface area contributed by atoms with Gasteiger partial charge in [-0.1, -0.05) is 19.4 Å². The third-order valence-electron chi connectivity index (χ3n) is 3.20. The lowest BCUT2D eigenvalue weighted by Crippen LogP contribution is -2.26. The van der Waals surface area contributed by atoms with Gasteiger partial charge in [0.15, 0.2) is 11.5 Å². The van der Waals surface area contributed by atoms with Crippen LogP contribution in [-0.4, -0.2) is 19.1 Å². The summed E-state index contributed by atoms with van der Waals surface area (Å²) in [5.41, 5.74) is 1.04. The first-order chi connectivity index (χ1) is 9.20. The molecule has 2 rings (SSSR count).